The van der Waals surface area contributed by atoms with Crippen molar-refractivity contribution in [2.45, 2.75) is 38.0 Å². The van der Waals surface area contributed by atoms with Gasteiger partial charge in [0.15, 0.2) is 0 Å². The predicted octanol–water partition coefficient (Wildman–Crippen LogP) is 4.25. The van der Waals surface area contributed by atoms with Gasteiger partial charge in [-0.1, -0.05) is 42.8 Å². The topological polar surface area (TPSA) is 12.0 Å². The van der Waals surface area contributed by atoms with Gasteiger partial charge in [0, 0.05) is 21.0 Å². The summed E-state index contributed by atoms with van der Waals surface area (Å²) in [4.78, 5) is 0. The predicted molar refractivity (Wildman–Crippen MR) is 82.9 cm³/mol. The molecule has 18 heavy (non-hydrogen) atoms. The van der Waals surface area contributed by atoms with Crippen molar-refractivity contribution in [3.63, 3.8) is 0 Å². The SMILES string of the molecule is CNC(CSC(C)(C)C)Cc1ccc(F)cc1Br. The number of benzene rings is 1. The van der Waals surface area contributed by atoms with Crippen LogP contribution >= 0.6 is 27.7 Å². The van der Waals surface area contributed by atoms with Crippen LogP contribution in [0.1, 0.15) is 26.3 Å². The number of rotatable bonds is 5. The minimum atomic E-state index is -0.198. The summed E-state index contributed by atoms with van der Waals surface area (Å²) in [5.41, 5.74) is 1.14. The van der Waals surface area contributed by atoms with E-state index in [2.05, 4.69) is 42.0 Å². The van der Waals surface area contributed by atoms with E-state index in [9.17, 15) is 4.39 Å². The minimum Gasteiger partial charge on any atom is -0.316 e. The van der Waals surface area contributed by atoms with Crippen molar-refractivity contribution in [3.05, 3.63) is 34.1 Å². The number of hydrogen-bond acceptors (Lipinski definition) is 2. The summed E-state index contributed by atoms with van der Waals surface area (Å²) in [6.45, 7) is 6.66. The van der Waals surface area contributed by atoms with Gasteiger partial charge in [0.25, 0.3) is 0 Å². The van der Waals surface area contributed by atoms with Gasteiger partial charge < -0.3 is 5.32 Å². The number of thioether (sulfide) groups is 1. The maximum absolute atomic E-state index is 13.0. The third-order valence-corrected chi connectivity index (χ3v) is 4.78. The Kier molecular flexibility index (Phi) is 6.15. The van der Waals surface area contributed by atoms with Gasteiger partial charge in [-0.05, 0) is 31.2 Å². The molecule has 1 rings (SSSR count). The zero-order chi connectivity index (χ0) is 13.8. The van der Waals surface area contributed by atoms with Crippen LogP contribution in [0, 0.1) is 5.82 Å². The van der Waals surface area contributed by atoms with E-state index in [1.807, 2.05) is 24.9 Å². The van der Waals surface area contributed by atoms with E-state index >= 15 is 0 Å². The van der Waals surface area contributed by atoms with E-state index in [1.165, 1.54) is 12.1 Å². The molecule has 0 saturated heterocycles. The lowest BCUT2D eigenvalue weighted by Crippen LogP contribution is -2.31. The van der Waals surface area contributed by atoms with Crippen LogP contribution in [0.3, 0.4) is 0 Å². The standard InChI is InChI=1S/C14H21BrFNS/c1-14(2,3)18-9-12(17-4)7-10-5-6-11(16)8-13(10)15/h5-6,8,12,17H,7,9H2,1-4H3. The molecule has 1 atom stereocenters. The van der Waals surface area contributed by atoms with Crippen molar-refractivity contribution >= 4 is 27.7 Å². The highest BCUT2D eigenvalue weighted by atomic mass is 79.9. The molecule has 1 aromatic carbocycles. The second kappa shape index (κ2) is 6.92. The number of nitrogens with one attached hydrogen (secondary N) is 1. The average molecular weight is 334 g/mol. The third-order valence-electron chi connectivity index (χ3n) is 2.61. The van der Waals surface area contributed by atoms with Gasteiger partial charge in [-0.15, -0.1) is 0 Å². The lowest BCUT2D eigenvalue weighted by Gasteiger charge is -2.23. The van der Waals surface area contributed by atoms with Crippen LogP contribution in [0.2, 0.25) is 0 Å². The van der Waals surface area contributed by atoms with Crippen LogP contribution in [0.25, 0.3) is 0 Å². The van der Waals surface area contributed by atoms with Crippen LogP contribution < -0.4 is 5.32 Å². The zero-order valence-corrected chi connectivity index (χ0v) is 13.8. The van der Waals surface area contributed by atoms with Gasteiger partial charge in [0.05, 0.1) is 0 Å². The van der Waals surface area contributed by atoms with E-state index in [1.54, 1.807) is 0 Å². The Balaban J connectivity index is 2.62. The maximum atomic E-state index is 13.0. The highest BCUT2D eigenvalue weighted by molar-refractivity contribution is 9.10. The molecule has 1 unspecified atom stereocenters. The molecule has 1 N–H and O–H groups in total. The normalized spacial score (nSPS) is 13.7. The Bertz CT molecular complexity index is 390. The molecule has 1 aromatic rings. The van der Waals surface area contributed by atoms with Crippen molar-refractivity contribution in [1.29, 1.82) is 0 Å². The first-order valence-corrected chi connectivity index (χ1v) is 7.85. The van der Waals surface area contributed by atoms with Crippen molar-refractivity contribution in [2.75, 3.05) is 12.8 Å². The molecule has 0 saturated carbocycles. The summed E-state index contributed by atoms with van der Waals surface area (Å²) in [6, 6.07) is 5.30. The summed E-state index contributed by atoms with van der Waals surface area (Å²) in [5, 5.41) is 3.33. The fraction of sp³-hybridized carbons (Fsp3) is 0.571. The van der Waals surface area contributed by atoms with Crippen LogP contribution in [0.15, 0.2) is 22.7 Å². The molecule has 4 heteroatoms. The van der Waals surface area contributed by atoms with Gasteiger partial charge in [-0.25, -0.2) is 4.39 Å². The average Bonchev–Trinajstić information content (AvgIpc) is 2.25. The van der Waals surface area contributed by atoms with Crippen LogP contribution in [-0.4, -0.2) is 23.6 Å². The zero-order valence-electron chi connectivity index (χ0n) is 11.4. The largest absolute Gasteiger partial charge is 0.316 e. The summed E-state index contributed by atoms with van der Waals surface area (Å²) in [6.07, 6.45) is 0.903. The fourth-order valence-corrected chi connectivity index (χ4v) is 3.05. The molecule has 0 heterocycles. The molecule has 0 aliphatic rings. The lowest BCUT2D eigenvalue weighted by atomic mass is 10.1. The number of halogens is 2. The van der Waals surface area contributed by atoms with Gasteiger partial charge in [0.2, 0.25) is 0 Å². The Hall–Kier alpha value is -0.0600. The molecule has 0 fully saturated rings. The van der Waals surface area contributed by atoms with Gasteiger partial charge in [-0.3, -0.25) is 0 Å². The maximum Gasteiger partial charge on any atom is 0.124 e. The van der Waals surface area contributed by atoms with Crippen molar-refractivity contribution < 1.29 is 4.39 Å². The third kappa shape index (κ3) is 5.72. The highest BCUT2D eigenvalue weighted by Crippen LogP contribution is 2.26. The highest BCUT2D eigenvalue weighted by Gasteiger charge is 2.16. The Morgan fingerprint density at radius 3 is 2.56 bits per heavy atom. The van der Waals surface area contributed by atoms with Crippen molar-refractivity contribution in [3.8, 4) is 0 Å². The first-order chi connectivity index (χ1) is 8.31. The summed E-state index contributed by atoms with van der Waals surface area (Å²) >= 11 is 5.36. The first kappa shape index (κ1) is 16.0. The Morgan fingerprint density at radius 1 is 1.39 bits per heavy atom. The molecular formula is C14H21BrFNS. The molecule has 0 amide bonds. The van der Waals surface area contributed by atoms with Crippen LogP contribution in [0.4, 0.5) is 4.39 Å². The fourth-order valence-electron chi connectivity index (χ4n) is 1.55. The molecular weight excluding hydrogens is 313 g/mol. The first-order valence-electron chi connectivity index (χ1n) is 6.07. The summed E-state index contributed by atoms with van der Waals surface area (Å²) < 4.78 is 14.1. The molecule has 0 aliphatic carbocycles. The molecule has 0 aliphatic heterocycles. The molecule has 0 radical (unpaired) electrons. The van der Waals surface area contributed by atoms with E-state index in [-0.39, 0.29) is 10.6 Å². The quantitative estimate of drug-likeness (QED) is 0.864. The van der Waals surface area contributed by atoms with E-state index in [0.717, 1.165) is 22.2 Å². The molecule has 102 valence electrons. The molecule has 1 nitrogen and oxygen atoms in total. The monoisotopic (exact) mass is 333 g/mol. The second-order valence-corrected chi connectivity index (χ2v) is 8.05. The van der Waals surface area contributed by atoms with E-state index < -0.39 is 0 Å². The second-order valence-electron chi connectivity index (χ2n) is 5.35. The van der Waals surface area contributed by atoms with E-state index in [4.69, 9.17) is 0 Å². The molecule has 0 aromatic heterocycles. The van der Waals surface area contributed by atoms with Gasteiger partial charge in [0.1, 0.15) is 5.82 Å². The van der Waals surface area contributed by atoms with Crippen LogP contribution in [-0.2, 0) is 6.42 Å². The van der Waals surface area contributed by atoms with Gasteiger partial charge in [-0.2, -0.15) is 11.8 Å². The Morgan fingerprint density at radius 2 is 2.06 bits per heavy atom. The summed E-state index contributed by atoms with van der Waals surface area (Å²) in [7, 11) is 1.98. The smallest absolute Gasteiger partial charge is 0.124 e. The van der Waals surface area contributed by atoms with Crippen LogP contribution in [0.5, 0.6) is 0 Å². The van der Waals surface area contributed by atoms with Crippen molar-refractivity contribution in [1.82, 2.24) is 5.32 Å². The lowest BCUT2D eigenvalue weighted by molar-refractivity contribution is 0.605. The number of likely N-dealkylation sites (N-methyl/N-ethyl adjacent to an activating group) is 1. The molecule has 0 bridgehead atoms. The van der Waals surface area contributed by atoms with E-state index in [0.29, 0.717) is 6.04 Å². The number of hydrogen-bond donors (Lipinski definition) is 1. The van der Waals surface area contributed by atoms with Crippen molar-refractivity contribution in [2.24, 2.45) is 0 Å². The van der Waals surface area contributed by atoms with Gasteiger partial charge >= 0.3 is 0 Å². The molecule has 0 spiro atoms. The summed E-state index contributed by atoms with van der Waals surface area (Å²) in [5.74, 6) is 0.847. The minimum absolute atomic E-state index is 0.198. The Labute approximate surface area is 122 Å².